The lowest BCUT2D eigenvalue weighted by atomic mass is 9.89. The molecule has 0 spiro atoms. The molecule has 24 heavy (non-hydrogen) atoms. The summed E-state index contributed by atoms with van der Waals surface area (Å²) in [5.74, 6) is 1.51. The van der Waals surface area contributed by atoms with E-state index in [0.29, 0.717) is 6.42 Å². The Balaban J connectivity index is 1.94. The minimum Gasteiger partial charge on any atom is -0.469 e. The molecule has 0 amide bonds. The molecule has 3 rings (SSSR count). The molecule has 0 aliphatic carbocycles. The Kier molecular flexibility index (Phi) is 4.44. The van der Waals surface area contributed by atoms with E-state index < -0.39 is 0 Å². The Morgan fingerprint density at radius 2 is 2.08 bits per heavy atom. The minimum absolute atomic E-state index is 0.0868. The van der Waals surface area contributed by atoms with Crippen LogP contribution in [0.4, 0.5) is 0 Å². The van der Waals surface area contributed by atoms with Crippen LogP contribution in [0.25, 0.3) is 0 Å². The Morgan fingerprint density at radius 3 is 2.71 bits per heavy atom. The first-order chi connectivity index (χ1) is 11.5. The molecule has 0 radical (unpaired) electrons. The summed E-state index contributed by atoms with van der Waals surface area (Å²) in [6.07, 6.45) is 5.75. The standard InChI is InChI=1S/C17H22N6O/c1-17(2,3)23-15(20-21-22-23)10-13(14-7-5-9-24-14)16(18)12-6-4-8-19-11-12/h4-9,11,13,16H,10,18H2,1-3H3. The van der Waals surface area contributed by atoms with Crippen molar-refractivity contribution in [2.24, 2.45) is 5.73 Å². The molecule has 0 bridgehead atoms. The second kappa shape index (κ2) is 6.52. The van der Waals surface area contributed by atoms with Crippen molar-refractivity contribution in [3.8, 4) is 0 Å². The average Bonchev–Trinajstić information content (AvgIpc) is 3.23. The van der Waals surface area contributed by atoms with Crippen LogP contribution >= 0.6 is 0 Å². The molecule has 2 unspecified atom stereocenters. The third-order valence-electron chi connectivity index (χ3n) is 3.98. The van der Waals surface area contributed by atoms with Crippen LogP contribution in [0.5, 0.6) is 0 Å². The average molecular weight is 326 g/mol. The fourth-order valence-corrected chi connectivity index (χ4v) is 2.76. The SMILES string of the molecule is CC(C)(C)n1nnnc1CC(c1ccco1)C(N)c1cccnc1. The summed E-state index contributed by atoms with van der Waals surface area (Å²) in [7, 11) is 0. The first kappa shape index (κ1) is 16.3. The summed E-state index contributed by atoms with van der Waals surface area (Å²) in [4.78, 5) is 4.17. The molecule has 0 saturated heterocycles. The molecule has 0 saturated carbocycles. The summed E-state index contributed by atoms with van der Waals surface area (Å²) in [6.45, 7) is 6.20. The Morgan fingerprint density at radius 1 is 1.25 bits per heavy atom. The van der Waals surface area contributed by atoms with Gasteiger partial charge >= 0.3 is 0 Å². The number of nitrogens with zero attached hydrogens (tertiary/aromatic N) is 5. The van der Waals surface area contributed by atoms with Crippen molar-refractivity contribution in [3.63, 3.8) is 0 Å². The summed E-state index contributed by atoms with van der Waals surface area (Å²) in [5.41, 5.74) is 7.28. The van der Waals surface area contributed by atoms with Gasteiger partial charge in [-0.2, -0.15) is 0 Å². The lowest BCUT2D eigenvalue weighted by Crippen LogP contribution is -2.28. The third kappa shape index (κ3) is 3.35. The van der Waals surface area contributed by atoms with Gasteiger partial charge in [-0.25, -0.2) is 4.68 Å². The quantitative estimate of drug-likeness (QED) is 0.773. The van der Waals surface area contributed by atoms with Crippen molar-refractivity contribution in [1.82, 2.24) is 25.2 Å². The first-order valence-corrected chi connectivity index (χ1v) is 7.93. The highest BCUT2D eigenvalue weighted by atomic mass is 16.3. The highest BCUT2D eigenvalue weighted by Gasteiger charge is 2.29. The summed E-state index contributed by atoms with van der Waals surface area (Å²) >= 11 is 0. The summed E-state index contributed by atoms with van der Waals surface area (Å²) < 4.78 is 7.47. The zero-order valence-electron chi connectivity index (χ0n) is 14.1. The molecular weight excluding hydrogens is 304 g/mol. The summed E-state index contributed by atoms with van der Waals surface area (Å²) in [6, 6.07) is 7.39. The van der Waals surface area contributed by atoms with E-state index in [2.05, 4.69) is 41.3 Å². The molecule has 126 valence electrons. The van der Waals surface area contributed by atoms with Crippen molar-refractivity contribution in [2.75, 3.05) is 0 Å². The van der Waals surface area contributed by atoms with E-state index in [4.69, 9.17) is 10.2 Å². The van der Waals surface area contributed by atoms with Gasteiger partial charge in [0.2, 0.25) is 0 Å². The highest BCUT2D eigenvalue weighted by Crippen LogP contribution is 2.32. The first-order valence-electron chi connectivity index (χ1n) is 7.93. The monoisotopic (exact) mass is 326 g/mol. The number of hydrogen-bond donors (Lipinski definition) is 1. The van der Waals surface area contributed by atoms with Crippen LogP contribution in [0, 0.1) is 0 Å². The minimum atomic E-state index is -0.269. The number of furan rings is 1. The Labute approximate surface area is 140 Å². The number of pyridine rings is 1. The lowest BCUT2D eigenvalue weighted by Gasteiger charge is -2.24. The van der Waals surface area contributed by atoms with Crippen molar-refractivity contribution >= 4 is 0 Å². The van der Waals surface area contributed by atoms with Gasteiger partial charge in [-0.1, -0.05) is 6.07 Å². The van der Waals surface area contributed by atoms with Gasteiger partial charge in [-0.15, -0.1) is 5.10 Å². The largest absolute Gasteiger partial charge is 0.469 e. The zero-order valence-corrected chi connectivity index (χ0v) is 14.1. The molecule has 0 aliphatic heterocycles. The van der Waals surface area contributed by atoms with Gasteiger partial charge in [0.25, 0.3) is 0 Å². The number of tetrazole rings is 1. The second-order valence-electron chi connectivity index (χ2n) is 6.82. The number of nitrogens with two attached hydrogens (primary N) is 1. The summed E-state index contributed by atoms with van der Waals surface area (Å²) in [5, 5.41) is 12.2. The van der Waals surface area contributed by atoms with Crippen LogP contribution in [0.15, 0.2) is 47.3 Å². The molecule has 3 aromatic rings. The van der Waals surface area contributed by atoms with Crippen LogP contribution in [-0.4, -0.2) is 25.2 Å². The van der Waals surface area contributed by atoms with Crippen LogP contribution in [0.3, 0.4) is 0 Å². The smallest absolute Gasteiger partial charge is 0.152 e. The molecule has 7 heteroatoms. The van der Waals surface area contributed by atoms with Crippen LogP contribution in [0.2, 0.25) is 0 Å². The van der Waals surface area contributed by atoms with Crippen LogP contribution in [-0.2, 0) is 12.0 Å². The van der Waals surface area contributed by atoms with E-state index in [9.17, 15) is 0 Å². The van der Waals surface area contributed by atoms with Crippen molar-refractivity contribution < 1.29 is 4.42 Å². The zero-order chi connectivity index (χ0) is 17.2. The molecule has 0 fully saturated rings. The maximum Gasteiger partial charge on any atom is 0.152 e. The van der Waals surface area contributed by atoms with Crippen molar-refractivity contribution in [3.05, 3.63) is 60.1 Å². The van der Waals surface area contributed by atoms with Gasteiger partial charge in [0, 0.05) is 30.8 Å². The van der Waals surface area contributed by atoms with Crippen molar-refractivity contribution in [2.45, 2.75) is 44.7 Å². The van der Waals surface area contributed by atoms with Crippen molar-refractivity contribution in [1.29, 1.82) is 0 Å². The fraction of sp³-hybridized carbons (Fsp3) is 0.412. The number of hydrogen-bond acceptors (Lipinski definition) is 6. The van der Waals surface area contributed by atoms with Gasteiger partial charge in [0.1, 0.15) is 5.76 Å². The Hall–Kier alpha value is -2.54. The fourth-order valence-electron chi connectivity index (χ4n) is 2.76. The van der Waals surface area contributed by atoms with E-state index in [-0.39, 0.29) is 17.5 Å². The molecule has 0 aromatic carbocycles. The van der Waals surface area contributed by atoms with Gasteiger partial charge < -0.3 is 10.2 Å². The molecule has 3 heterocycles. The van der Waals surface area contributed by atoms with E-state index in [0.717, 1.165) is 17.1 Å². The molecular formula is C17H22N6O. The molecule has 2 N–H and O–H groups in total. The second-order valence-corrected chi connectivity index (χ2v) is 6.82. The molecule has 2 atom stereocenters. The predicted molar refractivity (Wildman–Crippen MR) is 89.1 cm³/mol. The normalized spacial score (nSPS) is 14.5. The molecule has 7 nitrogen and oxygen atoms in total. The van der Waals surface area contributed by atoms with Crippen LogP contribution < -0.4 is 5.73 Å². The molecule has 0 aliphatic rings. The van der Waals surface area contributed by atoms with Gasteiger partial charge in [-0.05, 0) is 55.0 Å². The maximum absolute atomic E-state index is 6.53. The van der Waals surface area contributed by atoms with Gasteiger partial charge in [0.05, 0.1) is 11.8 Å². The van der Waals surface area contributed by atoms with E-state index in [1.54, 1.807) is 18.7 Å². The topological polar surface area (TPSA) is 95.7 Å². The lowest BCUT2D eigenvalue weighted by molar-refractivity contribution is 0.324. The van der Waals surface area contributed by atoms with E-state index in [1.807, 2.05) is 28.9 Å². The molecule has 3 aromatic heterocycles. The number of rotatable bonds is 5. The van der Waals surface area contributed by atoms with E-state index >= 15 is 0 Å². The Bertz CT molecular complexity index is 760. The third-order valence-corrected chi connectivity index (χ3v) is 3.98. The highest BCUT2D eigenvalue weighted by molar-refractivity contribution is 5.21. The van der Waals surface area contributed by atoms with Gasteiger partial charge in [0.15, 0.2) is 5.82 Å². The predicted octanol–water partition coefficient (Wildman–Crippen LogP) is 2.44. The van der Waals surface area contributed by atoms with Gasteiger partial charge in [-0.3, -0.25) is 4.98 Å². The van der Waals surface area contributed by atoms with E-state index in [1.165, 1.54) is 0 Å². The maximum atomic E-state index is 6.53. The van der Waals surface area contributed by atoms with Crippen LogP contribution in [0.1, 0.15) is 49.9 Å². The number of aromatic nitrogens is 5.